The van der Waals surface area contributed by atoms with Crippen LogP contribution in [0.15, 0.2) is 12.1 Å². The van der Waals surface area contributed by atoms with Crippen LogP contribution in [-0.2, 0) is 9.59 Å². The molecule has 27 heavy (non-hydrogen) atoms. The summed E-state index contributed by atoms with van der Waals surface area (Å²) >= 11 is 6.14. The van der Waals surface area contributed by atoms with E-state index in [0.717, 1.165) is 25.7 Å². The molecule has 0 atom stereocenters. The monoisotopic (exact) mass is 396 g/mol. The lowest BCUT2D eigenvalue weighted by Crippen LogP contribution is -2.38. The molecule has 0 saturated heterocycles. The number of hydrogen-bond acceptors (Lipinski definition) is 4. The minimum Gasteiger partial charge on any atom is -0.495 e. The van der Waals surface area contributed by atoms with Crippen LogP contribution in [0, 0.1) is 0 Å². The molecule has 1 aliphatic rings. The molecule has 1 fully saturated rings. The molecule has 6 nitrogen and oxygen atoms in total. The van der Waals surface area contributed by atoms with Gasteiger partial charge in [0, 0.05) is 38.1 Å². The summed E-state index contributed by atoms with van der Waals surface area (Å²) < 4.78 is 10.6. The number of amides is 2. The van der Waals surface area contributed by atoms with Crippen molar-refractivity contribution in [1.29, 1.82) is 0 Å². The van der Waals surface area contributed by atoms with Gasteiger partial charge in [-0.25, -0.2) is 0 Å². The summed E-state index contributed by atoms with van der Waals surface area (Å²) in [6.07, 6.45) is 7.09. The molecule has 0 heterocycles. The number of rotatable bonds is 7. The summed E-state index contributed by atoms with van der Waals surface area (Å²) in [5, 5.41) is 3.51. The zero-order valence-electron chi connectivity index (χ0n) is 16.3. The summed E-state index contributed by atoms with van der Waals surface area (Å²) in [6, 6.07) is 3.51. The number of halogens is 1. The Balaban J connectivity index is 2.07. The molecule has 1 N–H and O–H groups in total. The number of benzene rings is 1. The van der Waals surface area contributed by atoms with E-state index in [1.807, 2.05) is 0 Å². The Morgan fingerprint density at radius 2 is 1.74 bits per heavy atom. The van der Waals surface area contributed by atoms with E-state index in [2.05, 4.69) is 5.32 Å². The highest BCUT2D eigenvalue weighted by atomic mass is 35.5. The van der Waals surface area contributed by atoms with Gasteiger partial charge in [0.1, 0.15) is 11.5 Å². The molecule has 1 aromatic carbocycles. The van der Waals surface area contributed by atoms with Gasteiger partial charge < -0.3 is 19.7 Å². The number of hydrogen-bond donors (Lipinski definition) is 1. The number of nitrogens with one attached hydrogen (secondary N) is 1. The second kappa shape index (κ2) is 10.4. The average molecular weight is 397 g/mol. The third kappa shape index (κ3) is 6.03. The number of carbonyl (C=O) groups excluding carboxylic acids is 2. The quantitative estimate of drug-likeness (QED) is 0.709. The third-order valence-corrected chi connectivity index (χ3v) is 5.20. The van der Waals surface area contributed by atoms with E-state index < -0.39 is 0 Å². The van der Waals surface area contributed by atoms with E-state index >= 15 is 0 Å². The maximum atomic E-state index is 12.4. The van der Waals surface area contributed by atoms with Crippen LogP contribution in [0.2, 0.25) is 5.02 Å². The Bertz CT molecular complexity index is 658. The molecular weight excluding hydrogens is 368 g/mol. The van der Waals surface area contributed by atoms with Crippen molar-refractivity contribution in [3.8, 4) is 11.5 Å². The highest BCUT2D eigenvalue weighted by Gasteiger charge is 2.21. The topological polar surface area (TPSA) is 67.9 Å². The molecule has 2 amide bonds. The van der Waals surface area contributed by atoms with E-state index in [4.69, 9.17) is 21.1 Å². The Morgan fingerprint density at radius 3 is 2.30 bits per heavy atom. The van der Waals surface area contributed by atoms with Crippen molar-refractivity contribution >= 4 is 29.1 Å². The second-order valence-electron chi connectivity index (χ2n) is 6.84. The molecule has 0 radical (unpaired) electrons. The maximum absolute atomic E-state index is 12.4. The number of nitrogens with zero attached hydrogens (tertiary/aromatic N) is 1. The highest BCUT2D eigenvalue weighted by Crippen LogP contribution is 2.38. The van der Waals surface area contributed by atoms with Gasteiger partial charge in [-0.1, -0.05) is 37.3 Å². The van der Waals surface area contributed by atoms with E-state index in [1.165, 1.54) is 38.9 Å². The lowest BCUT2D eigenvalue weighted by atomic mass is 10.1. The second-order valence-corrected chi connectivity index (χ2v) is 7.24. The standard InChI is InChI=1S/C20H29ClN2O4/c1-14(24)23(17-13-18(26-2)16(21)12-19(17)27-3)11-10-20(25)22-15-8-6-4-5-7-9-15/h12-13,15H,4-11H2,1-3H3,(H,22,25). The molecule has 0 aromatic heterocycles. The minimum absolute atomic E-state index is 0.0342. The fraction of sp³-hybridized carbons (Fsp3) is 0.600. The van der Waals surface area contributed by atoms with Crippen molar-refractivity contribution in [2.75, 3.05) is 25.7 Å². The van der Waals surface area contributed by atoms with Crippen LogP contribution in [0.1, 0.15) is 51.9 Å². The van der Waals surface area contributed by atoms with Gasteiger partial charge in [-0.05, 0) is 12.8 Å². The summed E-state index contributed by atoms with van der Waals surface area (Å²) in [7, 11) is 3.02. The number of anilines is 1. The largest absolute Gasteiger partial charge is 0.495 e. The lowest BCUT2D eigenvalue weighted by Gasteiger charge is -2.24. The van der Waals surface area contributed by atoms with Gasteiger partial charge in [0.2, 0.25) is 11.8 Å². The predicted octanol–water partition coefficient (Wildman–Crippen LogP) is 3.94. The van der Waals surface area contributed by atoms with Gasteiger partial charge >= 0.3 is 0 Å². The Labute approximate surface area is 166 Å². The first-order valence-corrected chi connectivity index (χ1v) is 9.83. The fourth-order valence-corrected chi connectivity index (χ4v) is 3.67. The SMILES string of the molecule is COc1cc(N(CCC(=O)NC2CCCCCC2)C(C)=O)c(OC)cc1Cl. The van der Waals surface area contributed by atoms with Crippen LogP contribution in [-0.4, -0.2) is 38.6 Å². The van der Waals surface area contributed by atoms with Crippen molar-refractivity contribution in [1.82, 2.24) is 5.32 Å². The zero-order valence-corrected chi connectivity index (χ0v) is 17.1. The van der Waals surface area contributed by atoms with Crippen molar-refractivity contribution in [3.05, 3.63) is 17.2 Å². The van der Waals surface area contributed by atoms with Crippen LogP contribution >= 0.6 is 11.6 Å². The fourth-order valence-electron chi connectivity index (χ4n) is 3.44. The first-order valence-electron chi connectivity index (χ1n) is 9.45. The van der Waals surface area contributed by atoms with Gasteiger partial charge in [0.15, 0.2) is 0 Å². The molecular formula is C20H29ClN2O4. The van der Waals surface area contributed by atoms with Crippen LogP contribution in [0.3, 0.4) is 0 Å². The molecule has 0 aliphatic heterocycles. The summed E-state index contributed by atoms with van der Waals surface area (Å²) in [5.74, 6) is 0.690. The number of ether oxygens (including phenoxy) is 2. The molecule has 7 heteroatoms. The van der Waals surface area contributed by atoms with Gasteiger partial charge in [-0.15, -0.1) is 0 Å². The Morgan fingerprint density at radius 1 is 1.11 bits per heavy atom. The Kier molecular flexibility index (Phi) is 8.23. The zero-order chi connectivity index (χ0) is 19.8. The van der Waals surface area contributed by atoms with Crippen molar-refractivity contribution < 1.29 is 19.1 Å². The first kappa shape index (κ1) is 21.4. The summed E-state index contributed by atoms with van der Waals surface area (Å²) in [5.41, 5.74) is 0.536. The molecule has 0 bridgehead atoms. The summed E-state index contributed by atoms with van der Waals surface area (Å²) in [6.45, 7) is 1.72. The number of methoxy groups -OCH3 is 2. The van der Waals surface area contributed by atoms with Crippen molar-refractivity contribution in [2.24, 2.45) is 0 Å². The summed E-state index contributed by atoms with van der Waals surface area (Å²) in [4.78, 5) is 26.1. The lowest BCUT2D eigenvalue weighted by molar-refractivity contribution is -0.121. The smallest absolute Gasteiger partial charge is 0.223 e. The molecule has 0 spiro atoms. The van der Waals surface area contributed by atoms with Crippen LogP contribution in [0.4, 0.5) is 5.69 Å². The van der Waals surface area contributed by atoms with Gasteiger partial charge in [0.05, 0.1) is 24.9 Å². The van der Waals surface area contributed by atoms with E-state index in [1.54, 1.807) is 12.1 Å². The molecule has 1 aliphatic carbocycles. The molecule has 150 valence electrons. The normalized spacial score (nSPS) is 15.0. The molecule has 0 unspecified atom stereocenters. The van der Waals surface area contributed by atoms with Crippen LogP contribution < -0.4 is 19.7 Å². The average Bonchev–Trinajstić information content (AvgIpc) is 2.90. The highest BCUT2D eigenvalue weighted by molar-refractivity contribution is 6.32. The molecule has 1 aromatic rings. The van der Waals surface area contributed by atoms with Gasteiger partial charge in [-0.3, -0.25) is 9.59 Å². The molecule has 2 rings (SSSR count). The Hall–Kier alpha value is -1.95. The van der Waals surface area contributed by atoms with Gasteiger partial charge in [0.25, 0.3) is 0 Å². The third-order valence-electron chi connectivity index (χ3n) is 4.91. The van der Waals surface area contributed by atoms with E-state index in [-0.39, 0.29) is 30.8 Å². The van der Waals surface area contributed by atoms with Crippen LogP contribution in [0.5, 0.6) is 11.5 Å². The first-order chi connectivity index (χ1) is 13.0. The predicted molar refractivity (Wildman–Crippen MR) is 107 cm³/mol. The van der Waals surface area contributed by atoms with Crippen molar-refractivity contribution in [3.63, 3.8) is 0 Å². The van der Waals surface area contributed by atoms with E-state index in [0.29, 0.717) is 22.2 Å². The van der Waals surface area contributed by atoms with Crippen molar-refractivity contribution in [2.45, 2.75) is 57.9 Å². The van der Waals surface area contributed by atoms with Crippen LogP contribution in [0.25, 0.3) is 0 Å². The minimum atomic E-state index is -0.181. The van der Waals surface area contributed by atoms with Gasteiger partial charge in [-0.2, -0.15) is 0 Å². The molecule has 1 saturated carbocycles. The number of carbonyl (C=O) groups is 2. The van der Waals surface area contributed by atoms with E-state index in [9.17, 15) is 9.59 Å². The maximum Gasteiger partial charge on any atom is 0.223 e.